The minimum atomic E-state index is -0.587. The van der Waals surface area contributed by atoms with E-state index in [1.54, 1.807) is 49.1 Å². The van der Waals surface area contributed by atoms with E-state index >= 15 is 0 Å². The lowest BCUT2D eigenvalue weighted by Crippen LogP contribution is -2.25. The van der Waals surface area contributed by atoms with E-state index in [1.807, 2.05) is 39.5 Å². The molecule has 0 aliphatic heterocycles. The second kappa shape index (κ2) is 12.9. The average Bonchev–Trinajstić information content (AvgIpc) is 3.76. The first-order chi connectivity index (χ1) is 24.0. The van der Waals surface area contributed by atoms with Crippen LogP contribution in [-0.2, 0) is 20.6 Å². The number of carbonyl (C=O) groups is 1. The number of halogens is 1. The smallest absolute Gasteiger partial charge is 0.284 e. The van der Waals surface area contributed by atoms with Crippen LogP contribution in [0.15, 0.2) is 101 Å². The maximum Gasteiger partial charge on any atom is 0.284 e. The molecule has 0 aliphatic rings. The molecule has 3 aromatic carbocycles. The maximum atomic E-state index is 13.4. The fraction of sp³-hybridized carbons (Fsp3) is 0.162. The van der Waals surface area contributed by atoms with Crippen molar-refractivity contribution in [1.82, 2.24) is 34.0 Å². The molecule has 0 bridgehead atoms. The summed E-state index contributed by atoms with van der Waals surface area (Å²) < 4.78 is 30.7. The third-order valence-electron chi connectivity index (χ3n) is 8.01. The van der Waals surface area contributed by atoms with E-state index in [0.717, 1.165) is 28.8 Å². The average molecular weight is 673 g/mol. The second-order valence-corrected chi connectivity index (χ2v) is 12.2. The fourth-order valence-corrected chi connectivity index (χ4v) is 5.86. The molecular formula is C37H33FN8O4. The van der Waals surface area contributed by atoms with Crippen LogP contribution in [-0.4, -0.2) is 54.0 Å². The normalized spacial score (nSPS) is 11.4. The molecule has 1 N–H and O–H groups in total. The summed E-state index contributed by atoms with van der Waals surface area (Å²) >= 11 is 0. The van der Waals surface area contributed by atoms with Gasteiger partial charge in [0.15, 0.2) is 0 Å². The lowest BCUT2D eigenvalue weighted by atomic mass is 9.99. The van der Waals surface area contributed by atoms with Gasteiger partial charge in [-0.05, 0) is 86.7 Å². The molecular weight excluding hydrogens is 639 g/mol. The van der Waals surface area contributed by atoms with Crippen molar-refractivity contribution in [3.05, 3.63) is 125 Å². The zero-order valence-electron chi connectivity index (χ0n) is 28.0. The highest BCUT2D eigenvalue weighted by molar-refractivity contribution is 6.04. The Morgan fingerprint density at radius 2 is 1.74 bits per heavy atom. The first-order valence-electron chi connectivity index (χ1n) is 15.7. The van der Waals surface area contributed by atoms with E-state index in [2.05, 4.69) is 37.4 Å². The summed E-state index contributed by atoms with van der Waals surface area (Å²) in [4.78, 5) is 37.7. The topological polar surface area (TPSA) is 125 Å². The molecule has 0 unspecified atom stereocenters. The van der Waals surface area contributed by atoms with Crippen molar-refractivity contribution in [3.8, 4) is 39.8 Å². The van der Waals surface area contributed by atoms with Gasteiger partial charge < -0.3 is 19.4 Å². The van der Waals surface area contributed by atoms with Gasteiger partial charge in [-0.25, -0.2) is 9.07 Å². The van der Waals surface area contributed by atoms with Crippen LogP contribution < -0.4 is 15.6 Å². The number of amides is 1. The number of ether oxygens (including phenoxy) is 1. The quantitative estimate of drug-likeness (QED) is 0.189. The zero-order chi connectivity index (χ0) is 35.1. The summed E-state index contributed by atoms with van der Waals surface area (Å²) in [5.74, 6) is 0.808. The van der Waals surface area contributed by atoms with Gasteiger partial charge in [-0.1, -0.05) is 18.2 Å². The van der Waals surface area contributed by atoms with Gasteiger partial charge >= 0.3 is 0 Å². The summed E-state index contributed by atoms with van der Waals surface area (Å²) in [5, 5.41) is 7.73. The number of aromatic nitrogens is 6. The van der Waals surface area contributed by atoms with Gasteiger partial charge in [0, 0.05) is 44.3 Å². The molecule has 0 aliphatic carbocycles. The van der Waals surface area contributed by atoms with Gasteiger partial charge in [-0.15, -0.1) is 0 Å². The number of aryl methyl sites for hydroxylation is 3. The van der Waals surface area contributed by atoms with E-state index in [0.29, 0.717) is 45.7 Å². The Hall–Kier alpha value is -6.34. The van der Waals surface area contributed by atoms with Crippen LogP contribution in [0.1, 0.15) is 21.7 Å². The van der Waals surface area contributed by atoms with E-state index in [4.69, 9.17) is 9.15 Å². The fourth-order valence-electron chi connectivity index (χ4n) is 5.86. The highest BCUT2D eigenvalue weighted by Crippen LogP contribution is 2.44. The van der Waals surface area contributed by atoms with Gasteiger partial charge in [-0.2, -0.15) is 15.1 Å². The Kier molecular flexibility index (Phi) is 8.33. The molecule has 7 rings (SSSR count). The Bertz CT molecular complexity index is 2420. The van der Waals surface area contributed by atoms with Crippen molar-refractivity contribution in [2.24, 2.45) is 14.1 Å². The molecule has 4 aromatic heterocycles. The predicted molar refractivity (Wildman–Crippen MR) is 187 cm³/mol. The molecule has 0 radical (unpaired) electrons. The molecule has 12 nitrogen and oxygen atoms in total. The number of anilines is 1. The van der Waals surface area contributed by atoms with Gasteiger partial charge in [0.1, 0.15) is 34.1 Å². The minimum Gasteiger partial charge on any atom is -0.438 e. The Morgan fingerprint density at radius 3 is 2.44 bits per heavy atom. The number of hydrogen-bond donors (Lipinski definition) is 1. The van der Waals surface area contributed by atoms with Crippen LogP contribution in [0.3, 0.4) is 0 Å². The third kappa shape index (κ3) is 6.29. The van der Waals surface area contributed by atoms with Gasteiger partial charge in [0.25, 0.3) is 11.5 Å². The van der Waals surface area contributed by atoms with E-state index in [1.165, 1.54) is 39.8 Å². The summed E-state index contributed by atoms with van der Waals surface area (Å²) in [7, 11) is 7.52. The predicted octanol–water partition coefficient (Wildman–Crippen LogP) is 6.33. The number of nitrogens with one attached hydrogen (secondary N) is 1. The number of rotatable bonds is 9. The first kappa shape index (κ1) is 32.2. The second-order valence-electron chi connectivity index (χ2n) is 12.2. The van der Waals surface area contributed by atoms with Crippen LogP contribution in [0.5, 0.6) is 11.6 Å². The van der Waals surface area contributed by atoms with Crippen molar-refractivity contribution < 1.29 is 18.3 Å². The van der Waals surface area contributed by atoms with Crippen molar-refractivity contribution in [2.45, 2.75) is 13.5 Å². The molecule has 252 valence electrons. The number of fused-ring (bicyclic) bond motifs is 1. The number of furan rings is 1. The van der Waals surface area contributed by atoms with Crippen LogP contribution in [0.25, 0.3) is 39.2 Å². The molecule has 7 aromatic rings. The van der Waals surface area contributed by atoms with Crippen molar-refractivity contribution >= 4 is 22.7 Å². The van der Waals surface area contributed by atoms with E-state index in [9.17, 15) is 14.0 Å². The Morgan fingerprint density at radius 1 is 0.980 bits per heavy atom. The third-order valence-corrected chi connectivity index (χ3v) is 8.01. The molecule has 0 spiro atoms. The number of carbonyl (C=O) groups excluding carboxylic acids is 1. The molecule has 0 saturated carbocycles. The minimum absolute atomic E-state index is 0.0671. The standard InChI is InChI=1S/C37H33FN8O4/c1-22-40-35(32-31(24-8-6-7-23(17-24)19-43(2)3)33(50-36(32)41-22)25-18-39-44(4)20-25)49-29-15-11-27(12-16-29)42-34(47)30-21-45(5)46(37(30)48)28-13-9-26(38)10-14-28/h6-18,20-21H,19H2,1-5H3,(H,42,47). The van der Waals surface area contributed by atoms with Gasteiger partial charge in [0.2, 0.25) is 11.6 Å². The van der Waals surface area contributed by atoms with Crippen molar-refractivity contribution in [1.29, 1.82) is 0 Å². The van der Waals surface area contributed by atoms with Gasteiger partial charge in [0.05, 0.1) is 17.4 Å². The van der Waals surface area contributed by atoms with Crippen LogP contribution in [0, 0.1) is 12.7 Å². The van der Waals surface area contributed by atoms with Gasteiger partial charge in [-0.3, -0.25) is 19.0 Å². The molecule has 0 saturated heterocycles. The molecule has 0 atom stereocenters. The van der Waals surface area contributed by atoms with Crippen LogP contribution >= 0.6 is 0 Å². The van der Waals surface area contributed by atoms with E-state index in [-0.39, 0.29) is 5.56 Å². The molecule has 50 heavy (non-hydrogen) atoms. The van der Waals surface area contributed by atoms with Crippen molar-refractivity contribution in [2.75, 3.05) is 19.4 Å². The highest BCUT2D eigenvalue weighted by Gasteiger charge is 2.25. The maximum absolute atomic E-state index is 13.4. The summed E-state index contributed by atoms with van der Waals surface area (Å²) in [6.45, 7) is 2.52. The molecule has 0 fully saturated rings. The molecule has 4 heterocycles. The first-order valence-corrected chi connectivity index (χ1v) is 15.7. The summed E-state index contributed by atoms with van der Waals surface area (Å²) in [6.07, 6.45) is 5.05. The zero-order valence-corrected chi connectivity index (χ0v) is 28.0. The summed E-state index contributed by atoms with van der Waals surface area (Å²) in [5.41, 5.74) is 4.25. The number of nitrogens with zero attached hydrogens (tertiary/aromatic N) is 7. The number of benzene rings is 3. The lowest BCUT2D eigenvalue weighted by Gasteiger charge is -2.12. The van der Waals surface area contributed by atoms with Crippen LogP contribution in [0.2, 0.25) is 0 Å². The molecule has 13 heteroatoms. The van der Waals surface area contributed by atoms with E-state index < -0.39 is 17.3 Å². The Balaban J connectivity index is 1.21. The molecule has 1 amide bonds. The Labute approximate surface area is 286 Å². The number of hydrogen-bond acceptors (Lipinski definition) is 8. The lowest BCUT2D eigenvalue weighted by molar-refractivity contribution is 0.102. The van der Waals surface area contributed by atoms with Crippen molar-refractivity contribution in [3.63, 3.8) is 0 Å². The highest BCUT2D eigenvalue weighted by atomic mass is 19.1. The summed E-state index contributed by atoms with van der Waals surface area (Å²) in [6, 6.07) is 20.4. The largest absolute Gasteiger partial charge is 0.438 e. The monoisotopic (exact) mass is 672 g/mol. The SMILES string of the molecule is Cc1nc(Oc2ccc(NC(=O)c3cn(C)n(-c4ccc(F)cc4)c3=O)cc2)c2c(-c3cccc(CN(C)C)c3)c(-c3cnn(C)c3)oc2n1. The van der Waals surface area contributed by atoms with Crippen LogP contribution in [0.4, 0.5) is 10.1 Å².